The molecule has 0 radical (unpaired) electrons. The number of ether oxygens (including phenoxy) is 1. The molecule has 0 bridgehead atoms. The molecule has 16 heavy (non-hydrogen) atoms. The van der Waals surface area contributed by atoms with Crippen molar-refractivity contribution >= 4 is 23.5 Å². The molecule has 1 heterocycles. The van der Waals surface area contributed by atoms with E-state index < -0.39 is 0 Å². The number of thioether (sulfide) groups is 1. The quantitative estimate of drug-likeness (QED) is 0.510. The number of carbonyl (C=O) groups is 2. The number of esters is 1. The van der Waals surface area contributed by atoms with E-state index >= 15 is 0 Å². The SMILES string of the molecule is COC(=O)CCCCCCC1SCCC1=O. The van der Waals surface area contributed by atoms with Crippen molar-refractivity contribution in [1.82, 2.24) is 0 Å². The van der Waals surface area contributed by atoms with E-state index in [9.17, 15) is 9.59 Å². The fourth-order valence-corrected chi connectivity index (χ4v) is 3.10. The van der Waals surface area contributed by atoms with Gasteiger partial charge in [-0.05, 0) is 12.8 Å². The molecule has 0 amide bonds. The number of hydrogen-bond acceptors (Lipinski definition) is 4. The minimum absolute atomic E-state index is 0.124. The van der Waals surface area contributed by atoms with Crippen LogP contribution in [-0.4, -0.2) is 29.9 Å². The predicted octanol–water partition coefficient (Wildman–Crippen LogP) is 2.57. The van der Waals surface area contributed by atoms with Gasteiger partial charge in [0.15, 0.2) is 0 Å². The highest BCUT2D eigenvalue weighted by atomic mass is 32.2. The summed E-state index contributed by atoms with van der Waals surface area (Å²) in [6.45, 7) is 0. The van der Waals surface area contributed by atoms with Crippen LogP contribution in [0, 0.1) is 0 Å². The topological polar surface area (TPSA) is 43.4 Å². The lowest BCUT2D eigenvalue weighted by atomic mass is 10.1. The Balaban J connectivity index is 1.92. The third-order valence-corrected chi connectivity index (χ3v) is 4.19. The molecule has 1 aliphatic rings. The van der Waals surface area contributed by atoms with Gasteiger partial charge in [0.25, 0.3) is 0 Å². The van der Waals surface area contributed by atoms with Gasteiger partial charge >= 0.3 is 5.97 Å². The van der Waals surface area contributed by atoms with Crippen molar-refractivity contribution in [1.29, 1.82) is 0 Å². The molecule has 1 atom stereocenters. The Kier molecular flexibility index (Phi) is 6.53. The number of rotatable bonds is 7. The second-order valence-electron chi connectivity index (χ2n) is 4.10. The van der Waals surface area contributed by atoms with Gasteiger partial charge in [-0.2, -0.15) is 11.8 Å². The molecule has 0 aromatic heterocycles. The lowest BCUT2D eigenvalue weighted by molar-refractivity contribution is -0.140. The fraction of sp³-hybridized carbons (Fsp3) is 0.833. The van der Waals surface area contributed by atoms with Gasteiger partial charge in [0, 0.05) is 18.6 Å². The molecule has 1 saturated heterocycles. The number of unbranched alkanes of at least 4 members (excludes halogenated alkanes) is 3. The molecular formula is C12H20O3S. The van der Waals surface area contributed by atoms with Gasteiger partial charge < -0.3 is 4.74 Å². The maximum atomic E-state index is 11.3. The third-order valence-electron chi connectivity index (χ3n) is 2.85. The fourth-order valence-electron chi connectivity index (χ4n) is 1.85. The van der Waals surface area contributed by atoms with E-state index in [0.717, 1.165) is 44.3 Å². The summed E-state index contributed by atoms with van der Waals surface area (Å²) in [7, 11) is 1.42. The van der Waals surface area contributed by atoms with E-state index in [0.29, 0.717) is 12.2 Å². The molecule has 0 aliphatic carbocycles. The van der Waals surface area contributed by atoms with Crippen LogP contribution in [0.5, 0.6) is 0 Å². The normalized spacial score (nSPS) is 20.1. The summed E-state index contributed by atoms with van der Waals surface area (Å²) < 4.78 is 4.57. The van der Waals surface area contributed by atoms with Gasteiger partial charge in [0.1, 0.15) is 5.78 Å². The van der Waals surface area contributed by atoms with Crippen LogP contribution in [0.2, 0.25) is 0 Å². The van der Waals surface area contributed by atoms with Crippen molar-refractivity contribution in [3.63, 3.8) is 0 Å². The maximum absolute atomic E-state index is 11.3. The van der Waals surface area contributed by atoms with Crippen molar-refractivity contribution in [3.8, 4) is 0 Å². The zero-order valence-corrected chi connectivity index (χ0v) is 10.7. The first-order valence-corrected chi connectivity index (χ1v) is 7.00. The molecule has 0 aromatic carbocycles. The Bertz CT molecular complexity index is 240. The molecule has 1 unspecified atom stereocenters. The van der Waals surface area contributed by atoms with Gasteiger partial charge in [-0.1, -0.05) is 19.3 Å². The number of carbonyl (C=O) groups excluding carboxylic acids is 2. The van der Waals surface area contributed by atoms with E-state index in [1.54, 1.807) is 11.8 Å². The molecule has 0 saturated carbocycles. The first-order chi connectivity index (χ1) is 7.74. The van der Waals surface area contributed by atoms with Crippen molar-refractivity contribution in [2.24, 2.45) is 0 Å². The van der Waals surface area contributed by atoms with Crippen LogP contribution in [0.4, 0.5) is 0 Å². The van der Waals surface area contributed by atoms with Crippen molar-refractivity contribution < 1.29 is 14.3 Å². The molecule has 3 nitrogen and oxygen atoms in total. The van der Waals surface area contributed by atoms with Crippen LogP contribution in [0.15, 0.2) is 0 Å². The van der Waals surface area contributed by atoms with Crippen LogP contribution >= 0.6 is 11.8 Å². The van der Waals surface area contributed by atoms with Crippen LogP contribution in [0.1, 0.15) is 44.9 Å². The Morgan fingerprint density at radius 3 is 2.75 bits per heavy atom. The van der Waals surface area contributed by atoms with Crippen molar-refractivity contribution in [2.75, 3.05) is 12.9 Å². The van der Waals surface area contributed by atoms with Crippen molar-refractivity contribution in [2.45, 2.75) is 50.2 Å². The summed E-state index contributed by atoms with van der Waals surface area (Å²) in [6.07, 6.45) is 6.47. The van der Waals surface area contributed by atoms with Gasteiger partial charge in [-0.25, -0.2) is 0 Å². The minimum Gasteiger partial charge on any atom is -0.469 e. The first-order valence-electron chi connectivity index (χ1n) is 5.95. The van der Waals surface area contributed by atoms with Gasteiger partial charge in [-0.15, -0.1) is 0 Å². The molecule has 0 N–H and O–H groups in total. The van der Waals surface area contributed by atoms with E-state index in [2.05, 4.69) is 4.74 Å². The maximum Gasteiger partial charge on any atom is 0.305 e. The highest BCUT2D eigenvalue weighted by molar-refractivity contribution is 8.01. The minimum atomic E-state index is -0.124. The third kappa shape index (κ3) is 5.01. The first kappa shape index (κ1) is 13.6. The lowest BCUT2D eigenvalue weighted by Gasteiger charge is -2.06. The summed E-state index contributed by atoms with van der Waals surface area (Å²) in [6, 6.07) is 0. The standard InChI is InChI=1S/C12H20O3S/c1-15-12(14)7-5-3-2-4-6-11-10(13)8-9-16-11/h11H,2-9H2,1H3. The second kappa shape index (κ2) is 7.71. The molecule has 1 rings (SSSR count). The second-order valence-corrected chi connectivity index (χ2v) is 5.42. The summed E-state index contributed by atoms with van der Waals surface area (Å²) >= 11 is 1.80. The van der Waals surface area contributed by atoms with E-state index in [1.165, 1.54) is 7.11 Å². The van der Waals surface area contributed by atoms with Crippen molar-refractivity contribution in [3.05, 3.63) is 0 Å². The largest absolute Gasteiger partial charge is 0.469 e. The summed E-state index contributed by atoms with van der Waals surface area (Å²) in [5.74, 6) is 1.31. The highest BCUT2D eigenvalue weighted by Gasteiger charge is 2.23. The van der Waals surface area contributed by atoms with Gasteiger partial charge in [-0.3, -0.25) is 9.59 Å². The molecule has 0 aromatic rings. The zero-order chi connectivity index (χ0) is 11.8. The van der Waals surface area contributed by atoms with E-state index in [4.69, 9.17) is 0 Å². The Hall–Kier alpha value is -0.510. The summed E-state index contributed by atoms with van der Waals surface area (Å²) in [5.41, 5.74) is 0. The molecule has 1 aliphatic heterocycles. The molecule has 4 heteroatoms. The van der Waals surface area contributed by atoms with Gasteiger partial charge in [0.2, 0.25) is 0 Å². The smallest absolute Gasteiger partial charge is 0.305 e. The van der Waals surface area contributed by atoms with E-state index in [-0.39, 0.29) is 11.2 Å². The molecule has 1 fully saturated rings. The number of Topliss-reactive ketones (excluding diaryl/α,β-unsaturated/α-hetero) is 1. The number of methoxy groups -OCH3 is 1. The molecule has 92 valence electrons. The average molecular weight is 244 g/mol. The summed E-state index contributed by atoms with van der Waals surface area (Å²) in [5, 5.41) is 0.264. The molecular weight excluding hydrogens is 224 g/mol. The average Bonchev–Trinajstić information content (AvgIpc) is 2.69. The van der Waals surface area contributed by atoms with Crippen LogP contribution < -0.4 is 0 Å². The Labute approximate surface area is 101 Å². The highest BCUT2D eigenvalue weighted by Crippen LogP contribution is 2.27. The van der Waals surface area contributed by atoms with Crippen LogP contribution in [0.25, 0.3) is 0 Å². The van der Waals surface area contributed by atoms with Crippen LogP contribution in [0.3, 0.4) is 0 Å². The van der Waals surface area contributed by atoms with E-state index in [1.807, 2.05) is 0 Å². The number of hydrogen-bond donors (Lipinski definition) is 0. The predicted molar refractivity (Wildman–Crippen MR) is 65.6 cm³/mol. The lowest BCUT2D eigenvalue weighted by Crippen LogP contribution is -2.09. The Morgan fingerprint density at radius 1 is 1.38 bits per heavy atom. The number of ketones is 1. The van der Waals surface area contributed by atoms with Crippen LogP contribution in [-0.2, 0) is 14.3 Å². The summed E-state index contributed by atoms with van der Waals surface area (Å²) in [4.78, 5) is 22.2. The molecule has 0 spiro atoms. The van der Waals surface area contributed by atoms with Gasteiger partial charge in [0.05, 0.1) is 12.4 Å². The zero-order valence-electron chi connectivity index (χ0n) is 9.87. The Morgan fingerprint density at radius 2 is 2.12 bits per heavy atom. The monoisotopic (exact) mass is 244 g/mol.